The van der Waals surface area contributed by atoms with Crippen LogP contribution in [-0.4, -0.2) is 42.7 Å². The molecule has 1 aromatic heterocycles. The first-order chi connectivity index (χ1) is 12.0. The van der Waals surface area contributed by atoms with Crippen LogP contribution in [0.1, 0.15) is 16.7 Å². The molecule has 2 heterocycles. The number of carbonyl (C=O) groups excluding carboxylic acids is 1. The van der Waals surface area contributed by atoms with Gasteiger partial charge in [0, 0.05) is 11.0 Å². The molecule has 0 radical (unpaired) electrons. The maximum absolute atomic E-state index is 12.6. The van der Waals surface area contributed by atoms with Crippen LogP contribution in [0, 0.1) is 20.8 Å². The summed E-state index contributed by atoms with van der Waals surface area (Å²) in [5, 5.41) is 0. The third-order valence-corrected chi connectivity index (χ3v) is 5.93. The number of amides is 1. The smallest absolute Gasteiger partial charge is 0.274 e. The number of carbonyl (C=O) groups is 1. The first-order valence-electron chi connectivity index (χ1n) is 8.74. The number of hydrogen-bond donors (Lipinski definition) is 0. The molecule has 1 fully saturated rings. The van der Waals surface area contributed by atoms with E-state index in [0.717, 1.165) is 32.0 Å². The number of pyridine rings is 1. The zero-order valence-electron chi connectivity index (χ0n) is 15.2. The van der Waals surface area contributed by atoms with Crippen LogP contribution in [0.2, 0.25) is 0 Å². The van der Waals surface area contributed by atoms with Crippen LogP contribution in [0.5, 0.6) is 0 Å². The summed E-state index contributed by atoms with van der Waals surface area (Å²) in [6.45, 7) is 9.69. The molecule has 5 heteroatoms. The van der Waals surface area contributed by atoms with Crippen molar-refractivity contribution in [2.24, 2.45) is 0 Å². The highest BCUT2D eigenvalue weighted by molar-refractivity contribution is 8.00. The number of nitrogens with one attached hydrogen (secondary N) is 1. The number of H-pyrrole nitrogens is 1. The Labute approximate surface area is 154 Å². The SMILES string of the molecule is Cc1cc(C)c(SCC(=O)N2CCN(c3cccc[nH+]3)CC2)c(C)c1. The number of thioether (sulfide) groups is 1. The van der Waals surface area contributed by atoms with Gasteiger partial charge < -0.3 is 4.90 Å². The van der Waals surface area contributed by atoms with E-state index in [9.17, 15) is 4.79 Å². The van der Waals surface area contributed by atoms with Gasteiger partial charge in [-0.25, -0.2) is 4.98 Å². The summed E-state index contributed by atoms with van der Waals surface area (Å²) in [7, 11) is 0. The predicted octanol–water partition coefficient (Wildman–Crippen LogP) is 2.87. The molecule has 0 unspecified atom stereocenters. The monoisotopic (exact) mass is 356 g/mol. The minimum absolute atomic E-state index is 0.237. The zero-order valence-corrected chi connectivity index (χ0v) is 16.0. The molecule has 0 spiro atoms. The van der Waals surface area contributed by atoms with Gasteiger partial charge >= 0.3 is 0 Å². The van der Waals surface area contributed by atoms with Crippen LogP contribution in [0.4, 0.5) is 5.82 Å². The summed E-state index contributed by atoms with van der Waals surface area (Å²) in [6, 6.07) is 10.5. The van der Waals surface area contributed by atoms with Gasteiger partial charge in [-0.05, 0) is 38.0 Å². The van der Waals surface area contributed by atoms with Crippen LogP contribution in [0.3, 0.4) is 0 Å². The summed E-state index contributed by atoms with van der Waals surface area (Å²) in [6.07, 6.45) is 1.94. The van der Waals surface area contributed by atoms with Crippen molar-refractivity contribution >= 4 is 23.5 Å². The first-order valence-corrected chi connectivity index (χ1v) is 9.73. The van der Waals surface area contributed by atoms with Crippen molar-refractivity contribution in [3.8, 4) is 0 Å². The molecular formula is C20H26N3OS+. The van der Waals surface area contributed by atoms with Crippen LogP contribution in [0.15, 0.2) is 41.4 Å². The third kappa shape index (κ3) is 4.34. The Morgan fingerprint density at radius 3 is 2.36 bits per heavy atom. The highest BCUT2D eigenvalue weighted by atomic mass is 32.2. The summed E-state index contributed by atoms with van der Waals surface area (Å²) >= 11 is 1.67. The van der Waals surface area contributed by atoms with Gasteiger partial charge in [0.25, 0.3) is 5.82 Å². The Kier molecular flexibility index (Phi) is 5.63. The number of hydrogen-bond acceptors (Lipinski definition) is 3. The molecule has 1 aliphatic rings. The maximum atomic E-state index is 12.6. The van der Waals surface area contributed by atoms with Gasteiger partial charge in [0.1, 0.15) is 13.1 Å². The summed E-state index contributed by atoms with van der Waals surface area (Å²) in [5.74, 6) is 1.87. The molecule has 0 aliphatic carbocycles. The summed E-state index contributed by atoms with van der Waals surface area (Å²) in [5.41, 5.74) is 3.80. The maximum Gasteiger partial charge on any atom is 0.274 e. The van der Waals surface area contributed by atoms with Crippen molar-refractivity contribution in [1.29, 1.82) is 0 Å². The largest absolute Gasteiger partial charge is 0.334 e. The minimum atomic E-state index is 0.237. The van der Waals surface area contributed by atoms with Crippen molar-refractivity contribution in [3.63, 3.8) is 0 Å². The molecule has 0 bridgehead atoms. The summed E-state index contributed by atoms with van der Waals surface area (Å²) < 4.78 is 0. The second kappa shape index (κ2) is 7.91. The normalized spacial score (nSPS) is 14.7. The average Bonchev–Trinajstić information content (AvgIpc) is 2.61. The Morgan fingerprint density at radius 2 is 1.76 bits per heavy atom. The summed E-state index contributed by atoms with van der Waals surface area (Å²) in [4.78, 5) is 21.4. The minimum Gasteiger partial charge on any atom is -0.334 e. The molecule has 25 heavy (non-hydrogen) atoms. The van der Waals surface area contributed by atoms with Crippen LogP contribution in [0.25, 0.3) is 0 Å². The fourth-order valence-electron chi connectivity index (χ4n) is 3.40. The van der Waals surface area contributed by atoms with E-state index in [1.807, 2.05) is 23.2 Å². The predicted molar refractivity (Wildman–Crippen MR) is 103 cm³/mol. The zero-order chi connectivity index (χ0) is 17.8. The number of aromatic amines is 1. The average molecular weight is 357 g/mol. The second-order valence-corrected chi connectivity index (χ2v) is 7.62. The standard InChI is InChI=1S/C20H25N3OS/c1-15-12-16(2)20(17(3)13-15)25-14-19(24)23-10-8-22(9-11-23)18-6-4-5-7-21-18/h4-7,12-13H,8-11,14H2,1-3H3/p+1. The van der Waals surface area contributed by atoms with E-state index in [1.54, 1.807) is 11.8 Å². The molecule has 2 aromatic rings. The van der Waals surface area contributed by atoms with Crippen molar-refractivity contribution < 1.29 is 9.78 Å². The van der Waals surface area contributed by atoms with E-state index in [2.05, 4.69) is 48.9 Å². The number of nitrogens with zero attached hydrogens (tertiary/aromatic N) is 2. The van der Waals surface area contributed by atoms with E-state index in [-0.39, 0.29) is 5.91 Å². The van der Waals surface area contributed by atoms with E-state index in [4.69, 9.17) is 0 Å². The number of aryl methyl sites for hydroxylation is 3. The van der Waals surface area contributed by atoms with Gasteiger partial charge in [-0.3, -0.25) is 9.69 Å². The van der Waals surface area contributed by atoms with Gasteiger partial charge in [0.05, 0.1) is 25.0 Å². The molecule has 1 aliphatic heterocycles. The number of anilines is 1. The number of piperazine rings is 1. The Morgan fingerprint density at radius 1 is 1.08 bits per heavy atom. The van der Waals surface area contributed by atoms with Gasteiger partial charge in [-0.1, -0.05) is 23.8 Å². The van der Waals surface area contributed by atoms with Gasteiger partial charge in [-0.15, -0.1) is 11.8 Å². The van der Waals surface area contributed by atoms with Crippen LogP contribution < -0.4 is 9.88 Å². The number of benzene rings is 1. The highest BCUT2D eigenvalue weighted by Gasteiger charge is 2.26. The lowest BCUT2D eigenvalue weighted by atomic mass is 10.1. The first kappa shape index (κ1) is 17.8. The van der Waals surface area contributed by atoms with Crippen LogP contribution in [-0.2, 0) is 4.79 Å². The molecule has 3 rings (SSSR count). The number of rotatable bonds is 4. The van der Waals surface area contributed by atoms with Gasteiger partial charge in [0.15, 0.2) is 0 Å². The lowest BCUT2D eigenvalue weighted by molar-refractivity contribution is -0.364. The lowest BCUT2D eigenvalue weighted by Gasteiger charge is -2.31. The fraction of sp³-hybridized carbons (Fsp3) is 0.400. The fourth-order valence-corrected chi connectivity index (χ4v) is 4.42. The quantitative estimate of drug-likeness (QED) is 0.791. The van der Waals surface area contributed by atoms with Gasteiger partial charge in [-0.2, -0.15) is 0 Å². The Balaban J connectivity index is 1.53. The molecule has 1 saturated heterocycles. The van der Waals surface area contributed by atoms with Crippen molar-refractivity contribution in [2.75, 3.05) is 36.8 Å². The molecule has 1 N–H and O–H groups in total. The van der Waals surface area contributed by atoms with E-state index in [1.165, 1.54) is 21.6 Å². The molecule has 4 nitrogen and oxygen atoms in total. The van der Waals surface area contributed by atoms with Crippen LogP contribution >= 0.6 is 11.8 Å². The van der Waals surface area contributed by atoms with Gasteiger partial charge in [0.2, 0.25) is 5.91 Å². The molecule has 132 valence electrons. The Bertz CT molecular complexity index is 717. The molecule has 0 saturated carbocycles. The second-order valence-electron chi connectivity index (χ2n) is 6.63. The molecule has 1 amide bonds. The highest BCUT2D eigenvalue weighted by Crippen LogP contribution is 2.28. The third-order valence-electron chi connectivity index (χ3n) is 4.61. The van der Waals surface area contributed by atoms with E-state index in [0.29, 0.717) is 5.75 Å². The number of aromatic nitrogens is 1. The van der Waals surface area contributed by atoms with E-state index >= 15 is 0 Å². The Hall–Kier alpha value is -2.01. The molecule has 1 aromatic carbocycles. The van der Waals surface area contributed by atoms with Crippen molar-refractivity contribution in [3.05, 3.63) is 53.2 Å². The topological polar surface area (TPSA) is 37.7 Å². The van der Waals surface area contributed by atoms with Crippen molar-refractivity contribution in [1.82, 2.24) is 4.90 Å². The van der Waals surface area contributed by atoms with Crippen molar-refractivity contribution in [2.45, 2.75) is 25.7 Å². The lowest BCUT2D eigenvalue weighted by Crippen LogP contribution is -2.50. The molecule has 0 atom stereocenters. The molecular weight excluding hydrogens is 330 g/mol. The van der Waals surface area contributed by atoms with E-state index < -0.39 is 0 Å².